The number of halogens is 1. The molecule has 0 aliphatic carbocycles. The molecule has 2 rings (SSSR count). The van der Waals surface area contributed by atoms with Crippen molar-refractivity contribution in [1.82, 2.24) is 10.2 Å². The van der Waals surface area contributed by atoms with E-state index in [4.69, 9.17) is 0 Å². The van der Waals surface area contributed by atoms with Crippen LogP contribution in [0, 0.1) is 0 Å². The number of anilines is 1. The molecule has 0 atom stereocenters. The van der Waals surface area contributed by atoms with Gasteiger partial charge in [0.2, 0.25) is 5.13 Å². The van der Waals surface area contributed by atoms with E-state index in [9.17, 15) is 4.79 Å². The highest BCUT2D eigenvalue weighted by molar-refractivity contribution is 9.10. The van der Waals surface area contributed by atoms with E-state index in [1.807, 2.05) is 24.3 Å². The lowest BCUT2D eigenvalue weighted by molar-refractivity contribution is 0.187. The largest absolute Gasteiger partial charge is 0.453 e. The van der Waals surface area contributed by atoms with Crippen LogP contribution in [0.25, 0.3) is 0 Å². The summed E-state index contributed by atoms with van der Waals surface area (Å²) in [6.45, 7) is 0. The van der Waals surface area contributed by atoms with Crippen LogP contribution in [0.2, 0.25) is 0 Å². The lowest BCUT2D eigenvalue weighted by Gasteiger charge is -1.98. The van der Waals surface area contributed by atoms with Crippen LogP contribution in [-0.4, -0.2) is 23.4 Å². The maximum atomic E-state index is 11.0. The summed E-state index contributed by atoms with van der Waals surface area (Å²) < 4.78 is 5.51. The molecule has 0 spiro atoms. The van der Waals surface area contributed by atoms with Gasteiger partial charge in [0, 0.05) is 10.9 Å². The Hall–Kier alpha value is -1.47. The van der Waals surface area contributed by atoms with Gasteiger partial charge >= 0.3 is 6.09 Å². The van der Waals surface area contributed by atoms with Crippen LogP contribution in [0.5, 0.6) is 0 Å². The van der Waals surface area contributed by atoms with Crippen LogP contribution in [0.3, 0.4) is 0 Å². The summed E-state index contributed by atoms with van der Waals surface area (Å²) in [6, 6.07) is 7.97. The average molecular weight is 328 g/mol. The molecule has 0 aliphatic heterocycles. The fourth-order valence-corrected chi connectivity index (χ4v) is 2.54. The number of amides is 1. The van der Waals surface area contributed by atoms with E-state index in [-0.39, 0.29) is 0 Å². The molecule has 7 heteroatoms. The van der Waals surface area contributed by atoms with Crippen LogP contribution >= 0.6 is 27.3 Å². The quantitative estimate of drug-likeness (QED) is 0.940. The SMILES string of the molecule is COC(=O)Nc1nnc(Cc2cccc(Br)c2)s1. The standard InChI is InChI=1S/C11H10BrN3O2S/c1-17-11(16)13-10-15-14-9(18-10)6-7-3-2-4-8(12)5-7/h2-5H,6H2,1H3,(H,13,15,16). The summed E-state index contributed by atoms with van der Waals surface area (Å²) in [5, 5.41) is 11.6. The van der Waals surface area contributed by atoms with Crippen molar-refractivity contribution in [3.05, 3.63) is 39.3 Å². The van der Waals surface area contributed by atoms with Gasteiger partial charge in [-0.15, -0.1) is 10.2 Å². The normalized spacial score (nSPS) is 10.1. The number of rotatable bonds is 3. The maximum absolute atomic E-state index is 11.0. The van der Waals surface area contributed by atoms with Crippen LogP contribution in [0.4, 0.5) is 9.93 Å². The van der Waals surface area contributed by atoms with Crippen molar-refractivity contribution in [3.63, 3.8) is 0 Å². The third-order valence-electron chi connectivity index (χ3n) is 2.11. The van der Waals surface area contributed by atoms with Crippen molar-refractivity contribution in [2.24, 2.45) is 0 Å². The summed E-state index contributed by atoms with van der Waals surface area (Å²) in [4.78, 5) is 11.0. The summed E-state index contributed by atoms with van der Waals surface area (Å²) >= 11 is 4.74. The number of ether oxygens (including phenoxy) is 1. The summed E-state index contributed by atoms with van der Waals surface area (Å²) in [5.41, 5.74) is 1.13. The average Bonchev–Trinajstić information content (AvgIpc) is 2.76. The molecule has 1 N–H and O–H groups in total. The molecule has 0 aliphatic rings. The second-order valence-corrected chi connectivity index (χ2v) is 5.40. The predicted octanol–water partition coefficient (Wildman–Crippen LogP) is 3.07. The first-order valence-electron chi connectivity index (χ1n) is 5.09. The highest BCUT2D eigenvalue weighted by Gasteiger charge is 2.08. The molecule has 1 aromatic heterocycles. The van der Waals surface area contributed by atoms with Crippen molar-refractivity contribution in [2.45, 2.75) is 6.42 Å². The van der Waals surface area contributed by atoms with E-state index >= 15 is 0 Å². The zero-order valence-electron chi connectivity index (χ0n) is 9.51. The van der Waals surface area contributed by atoms with E-state index in [0.717, 1.165) is 15.0 Å². The van der Waals surface area contributed by atoms with Gasteiger partial charge in [0.05, 0.1) is 7.11 Å². The Morgan fingerprint density at radius 2 is 2.33 bits per heavy atom. The van der Waals surface area contributed by atoms with E-state index < -0.39 is 6.09 Å². The molecule has 0 unspecified atom stereocenters. The molecule has 0 bridgehead atoms. The second-order valence-electron chi connectivity index (χ2n) is 3.42. The lowest BCUT2D eigenvalue weighted by atomic mass is 10.2. The number of hydrogen-bond acceptors (Lipinski definition) is 5. The lowest BCUT2D eigenvalue weighted by Crippen LogP contribution is -2.10. The van der Waals surface area contributed by atoms with Gasteiger partial charge in [-0.05, 0) is 17.7 Å². The van der Waals surface area contributed by atoms with Crippen molar-refractivity contribution in [1.29, 1.82) is 0 Å². The Kier molecular flexibility index (Phi) is 4.27. The van der Waals surface area contributed by atoms with Crippen LogP contribution in [0.1, 0.15) is 10.6 Å². The maximum Gasteiger partial charge on any atom is 0.413 e. The van der Waals surface area contributed by atoms with Gasteiger partial charge in [0.1, 0.15) is 5.01 Å². The molecule has 18 heavy (non-hydrogen) atoms. The zero-order valence-corrected chi connectivity index (χ0v) is 11.9. The van der Waals surface area contributed by atoms with Crippen molar-refractivity contribution < 1.29 is 9.53 Å². The number of carbonyl (C=O) groups excluding carboxylic acids is 1. The minimum absolute atomic E-state index is 0.437. The van der Waals surface area contributed by atoms with Gasteiger partial charge in [-0.2, -0.15) is 0 Å². The van der Waals surface area contributed by atoms with Gasteiger partial charge < -0.3 is 4.74 Å². The Morgan fingerprint density at radius 1 is 1.50 bits per heavy atom. The number of benzene rings is 1. The van der Waals surface area contributed by atoms with Crippen molar-refractivity contribution >= 4 is 38.5 Å². The summed E-state index contributed by atoms with van der Waals surface area (Å²) in [5.74, 6) is 0. The topological polar surface area (TPSA) is 64.1 Å². The molecule has 0 fully saturated rings. The first-order valence-corrected chi connectivity index (χ1v) is 6.70. The number of hydrogen-bond donors (Lipinski definition) is 1. The van der Waals surface area contributed by atoms with E-state index in [2.05, 4.69) is 36.2 Å². The molecular weight excluding hydrogens is 318 g/mol. The third kappa shape index (κ3) is 3.51. The smallest absolute Gasteiger partial charge is 0.413 e. The second kappa shape index (κ2) is 5.92. The van der Waals surface area contributed by atoms with E-state index in [1.54, 1.807) is 0 Å². The zero-order chi connectivity index (χ0) is 13.0. The van der Waals surface area contributed by atoms with Crippen LogP contribution < -0.4 is 5.32 Å². The Morgan fingerprint density at radius 3 is 3.06 bits per heavy atom. The van der Waals surface area contributed by atoms with Gasteiger partial charge in [0.15, 0.2) is 0 Å². The number of carbonyl (C=O) groups is 1. The Bertz CT molecular complexity index is 559. The van der Waals surface area contributed by atoms with E-state index in [1.165, 1.54) is 18.4 Å². The summed E-state index contributed by atoms with van der Waals surface area (Å²) in [7, 11) is 1.30. The number of aromatic nitrogens is 2. The number of nitrogens with one attached hydrogen (secondary N) is 1. The Balaban J connectivity index is 2.04. The molecular formula is C11H10BrN3O2S. The van der Waals surface area contributed by atoms with Gasteiger partial charge in [-0.25, -0.2) is 4.79 Å². The predicted molar refractivity (Wildman–Crippen MR) is 72.9 cm³/mol. The minimum Gasteiger partial charge on any atom is -0.453 e. The molecule has 5 nitrogen and oxygen atoms in total. The molecule has 94 valence electrons. The molecule has 0 radical (unpaired) electrons. The molecule has 2 aromatic rings. The number of methoxy groups -OCH3 is 1. The molecule has 1 heterocycles. The van der Waals surface area contributed by atoms with Gasteiger partial charge in [-0.1, -0.05) is 39.4 Å². The Labute approximate surface area is 116 Å². The van der Waals surface area contributed by atoms with E-state index in [0.29, 0.717) is 11.6 Å². The highest BCUT2D eigenvalue weighted by Crippen LogP contribution is 2.20. The first kappa shape index (κ1) is 13.0. The fraction of sp³-hybridized carbons (Fsp3) is 0.182. The van der Waals surface area contributed by atoms with Crippen LogP contribution in [0.15, 0.2) is 28.7 Å². The molecule has 0 saturated carbocycles. The summed E-state index contributed by atoms with van der Waals surface area (Å²) in [6.07, 6.45) is 0.139. The monoisotopic (exact) mass is 327 g/mol. The molecule has 0 saturated heterocycles. The highest BCUT2D eigenvalue weighted by atomic mass is 79.9. The fourth-order valence-electron chi connectivity index (χ4n) is 1.34. The molecule has 1 amide bonds. The minimum atomic E-state index is -0.542. The molecule has 1 aromatic carbocycles. The van der Waals surface area contributed by atoms with Crippen LogP contribution in [-0.2, 0) is 11.2 Å². The first-order chi connectivity index (χ1) is 8.67. The third-order valence-corrected chi connectivity index (χ3v) is 3.44. The van der Waals surface area contributed by atoms with Crippen molar-refractivity contribution in [2.75, 3.05) is 12.4 Å². The van der Waals surface area contributed by atoms with Gasteiger partial charge in [-0.3, -0.25) is 5.32 Å². The number of nitrogens with zero attached hydrogens (tertiary/aromatic N) is 2. The van der Waals surface area contributed by atoms with Gasteiger partial charge in [0.25, 0.3) is 0 Å². The van der Waals surface area contributed by atoms with Crippen molar-refractivity contribution in [3.8, 4) is 0 Å².